The quantitative estimate of drug-likeness (QED) is 0.220. The number of hydrogen-bond acceptors (Lipinski definition) is 6. The number of aliphatic imine (C=N–C) groups is 1. The number of unbranched alkanes of at least 4 members (excludes halogenated alkanes) is 1. The van der Waals surface area contributed by atoms with E-state index in [-0.39, 0.29) is 11.9 Å². The molecule has 6 heteroatoms. The van der Waals surface area contributed by atoms with Crippen LogP contribution in [0.3, 0.4) is 0 Å². The standard InChI is InChI=1S/C26H37NO5/c1-27-20(14-13-19-9-8-10-21(17-19)31-2)15-16-23-22(24(28)18-25(23)29)11-6-4-5-7-12-26(30)32-3/h4,6,8-10,16-17,22,24-25,28-29H,5,7,11-15,18H2,1-3H3. The number of rotatable bonds is 12. The summed E-state index contributed by atoms with van der Waals surface area (Å²) in [6, 6.07) is 8.04. The topological polar surface area (TPSA) is 88.4 Å². The van der Waals surface area contributed by atoms with E-state index in [1.54, 1.807) is 14.2 Å². The van der Waals surface area contributed by atoms with Crippen LogP contribution < -0.4 is 4.74 Å². The first-order valence-electron chi connectivity index (χ1n) is 11.3. The zero-order valence-corrected chi connectivity index (χ0v) is 19.5. The molecule has 1 aromatic carbocycles. The molecule has 0 radical (unpaired) electrons. The van der Waals surface area contributed by atoms with Crippen molar-refractivity contribution in [3.63, 3.8) is 0 Å². The first kappa shape index (κ1) is 25.8. The average Bonchev–Trinajstić information content (AvgIpc) is 3.08. The molecule has 0 bridgehead atoms. The molecule has 1 fully saturated rings. The van der Waals surface area contributed by atoms with Crippen LogP contribution in [-0.2, 0) is 16.0 Å². The highest BCUT2D eigenvalue weighted by atomic mass is 16.5. The molecule has 0 aliphatic heterocycles. The molecular formula is C26H37NO5. The van der Waals surface area contributed by atoms with Crippen LogP contribution in [0.4, 0.5) is 0 Å². The van der Waals surface area contributed by atoms with Gasteiger partial charge in [0.15, 0.2) is 0 Å². The Labute approximate surface area is 191 Å². The maximum atomic E-state index is 11.2. The summed E-state index contributed by atoms with van der Waals surface area (Å²) in [4.78, 5) is 15.6. The van der Waals surface area contributed by atoms with Crippen molar-refractivity contribution in [2.24, 2.45) is 10.9 Å². The molecule has 0 aromatic heterocycles. The van der Waals surface area contributed by atoms with Gasteiger partial charge in [0, 0.05) is 37.9 Å². The van der Waals surface area contributed by atoms with Gasteiger partial charge >= 0.3 is 5.97 Å². The van der Waals surface area contributed by atoms with Gasteiger partial charge in [0.2, 0.25) is 0 Å². The van der Waals surface area contributed by atoms with Crippen LogP contribution in [0.25, 0.3) is 0 Å². The zero-order chi connectivity index (χ0) is 23.3. The minimum absolute atomic E-state index is 0.0849. The van der Waals surface area contributed by atoms with Gasteiger partial charge in [0.25, 0.3) is 0 Å². The number of allylic oxidation sites excluding steroid dienone is 3. The number of hydrogen-bond donors (Lipinski definition) is 2. The predicted octanol–water partition coefficient (Wildman–Crippen LogP) is 4.05. The number of methoxy groups -OCH3 is 2. The molecule has 176 valence electrons. The number of ether oxygens (including phenoxy) is 2. The summed E-state index contributed by atoms with van der Waals surface area (Å²) in [5.41, 5.74) is 3.16. The Kier molecular flexibility index (Phi) is 11.2. The lowest BCUT2D eigenvalue weighted by Crippen LogP contribution is -2.14. The lowest BCUT2D eigenvalue weighted by atomic mass is 9.94. The van der Waals surface area contributed by atoms with Crippen LogP contribution in [0.5, 0.6) is 5.75 Å². The lowest BCUT2D eigenvalue weighted by Gasteiger charge is -2.15. The summed E-state index contributed by atoms with van der Waals surface area (Å²) < 4.78 is 9.93. The second kappa shape index (κ2) is 13.9. The summed E-state index contributed by atoms with van der Waals surface area (Å²) in [5.74, 6) is 0.569. The molecule has 0 spiro atoms. The molecule has 2 N–H and O–H groups in total. The van der Waals surface area contributed by atoms with Gasteiger partial charge < -0.3 is 19.7 Å². The molecule has 3 unspecified atom stereocenters. The number of aliphatic hydroxyl groups excluding tert-OH is 2. The van der Waals surface area contributed by atoms with Crippen molar-refractivity contribution in [3.8, 4) is 5.75 Å². The van der Waals surface area contributed by atoms with Crippen molar-refractivity contribution in [2.45, 2.75) is 63.6 Å². The van der Waals surface area contributed by atoms with Crippen molar-refractivity contribution in [1.82, 2.24) is 0 Å². The summed E-state index contributed by atoms with van der Waals surface area (Å²) in [6.07, 6.45) is 10.3. The maximum Gasteiger partial charge on any atom is 0.305 e. The molecule has 0 heterocycles. The number of aliphatic hydroxyl groups is 2. The maximum absolute atomic E-state index is 11.2. The molecule has 1 aliphatic rings. The first-order chi connectivity index (χ1) is 15.5. The second-order valence-electron chi connectivity index (χ2n) is 8.15. The molecule has 1 aromatic rings. The Bertz CT molecular complexity index is 814. The van der Waals surface area contributed by atoms with Crippen LogP contribution in [0.2, 0.25) is 0 Å². The molecule has 0 amide bonds. The molecule has 6 nitrogen and oxygen atoms in total. The predicted molar refractivity (Wildman–Crippen MR) is 127 cm³/mol. The molecule has 32 heavy (non-hydrogen) atoms. The Hall–Kier alpha value is -2.44. The minimum atomic E-state index is -0.612. The number of esters is 1. The summed E-state index contributed by atoms with van der Waals surface area (Å²) in [7, 11) is 4.86. The summed E-state index contributed by atoms with van der Waals surface area (Å²) >= 11 is 0. The minimum Gasteiger partial charge on any atom is -0.497 e. The summed E-state index contributed by atoms with van der Waals surface area (Å²) in [6.45, 7) is 0. The van der Waals surface area contributed by atoms with Crippen LogP contribution in [0, 0.1) is 5.92 Å². The van der Waals surface area contributed by atoms with E-state index in [9.17, 15) is 15.0 Å². The Morgan fingerprint density at radius 2 is 2.03 bits per heavy atom. The number of carbonyl (C=O) groups excluding carboxylic acids is 1. The summed E-state index contributed by atoms with van der Waals surface area (Å²) in [5, 5.41) is 20.9. The van der Waals surface area contributed by atoms with Crippen LogP contribution in [0.1, 0.15) is 50.5 Å². The highest BCUT2D eigenvalue weighted by molar-refractivity contribution is 5.86. The van der Waals surface area contributed by atoms with Crippen molar-refractivity contribution in [3.05, 3.63) is 53.6 Å². The fourth-order valence-electron chi connectivity index (χ4n) is 4.06. The van der Waals surface area contributed by atoms with Crippen LogP contribution >= 0.6 is 0 Å². The molecule has 3 atom stereocenters. The average molecular weight is 444 g/mol. The van der Waals surface area contributed by atoms with Crippen LogP contribution in [0.15, 0.2) is 53.1 Å². The highest BCUT2D eigenvalue weighted by Crippen LogP contribution is 2.35. The van der Waals surface area contributed by atoms with E-state index in [4.69, 9.17) is 4.74 Å². The van der Waals surface area contributed by atoms with E-state index in [0.29, 0.717) is 25.7 Å². The van der Waals surface area contributed by atoms with Crippen molar-refractivity contribution in [2.75, 3.05) is 21.3 Å². The third-order valence-corrected chi connectivity index (χ3v) is 6.00. The third kappa shape index (κ3) is 8.24. The fraction of sp³-hybridized carbons (Fsp3) is 0.538. The van der Waals surface area contributed by atoms with Gasteiger partial charge in [-0.05, 0) is 55.4 Å². The van der Waals surface area contributed by atoms with E-state index in [1.165, 1.54) is 12.7 Å². The van der Waals surface area contributed by atoms with Gasteiger partial charge in [-0.1, -0.05) is 30.4 Å². The third-order valence-electron chi connectivity index (χ3n) is 6.00. The van der Waals surface area contributed by atoms with Gasteiger partial charge in [-0.2, -0.15) is 0 Å². The highest BCUT2D eigenvalue weighted by Gasteiger charge is 2.35. The molecule has 1 saturated carbocycles. The normalized spacial score (nSPS) is 22.6. The van der Waals surface area contributed by atoms with Crippen LogP contribution in [-0.4, -0.2) is 55.4 Å². The van der Waals surface area contributed by atoms with E-state index in [2.05, 4.69) is 15.8 Å². The van der Waals surface area contributed by atoms with E-state index in [0.717, 1.165) is 42.7 Å². The van der Waals surface area contributed by atoms with E-state index >= 15 is 0 Å². The monoisotopic (exact) mass is 443 g/mol. The molecule has 2 rings (SSSR count). The largest absolute Gasteiger partial charge is 0.497 e. The van der Waals surface area contributed by atoms with E-state index < -0.39 is 12.2 Å². The van der Waals surface area contributed by atoms with Gasteiger partial charge in [-0.25, -0.2) is 0 Å². The Morgan fingerprint density at radius 1 is 1.22 bits per heavy atom. The Balaban J connectivity index is 1.89. The Morgan fingerprint density at radius 3 is 2.75 bits per heavy atom. The second-order valence-corrected chi connectivity index (χ2v) is 8.15. The molecule has 0 saturated heterocycles. The number of aryl methyl sites for hydroxylation is 1. The van der Waals surface area contributed by atoms with Crippen molar-refractivity contribution < 1.29 is 24.5 Å². The smallest absolute Gasteiger partial charge is 0.305 e. The van der Waals surface area contributed by atoms with Crippen molar-refractivity contribution in [1.29, 1.82) is 0 Å². The SMILES string of the molecule is CN=C(CC=C1C(O)CC(O)C1CC=CCCCC(=O)OC)CCc1cccc(OC)c1. The fourth-order valence-corrected chi connectivity index (χ4v) is 4.06. The number of nitrogens with zero attached hydrogens (tertiary/aromatic N) is 1. The lowest BCUT2D eigenvalue weighted by molar-refractivity contribution is -0.140. The number of carbonyl (C=O) groups is 1. The van der Waals surface area contributed by atoms with Gasteiger partial charge in [0.1, 0.15) is 5.75 Å². The van der Waals surface area contributed by atoms with Gasteiger partial charge in [-0.15, -0.1) is 0 Å². The number of benzene rings is 1. The molecule has 1 aliphatic carbocycles. The van der Waals surface area contributed by atoms with Crippen molar-refractivity contribution >= 4 is 11.7 Å². The zero-order valence-electron chi connectivity index (χ0n) is 19.5. The van der Waals surface area contributed by atoms with E-state index in [1.807, 2.05) is 36.4 Å². The van der Waals surface area contributed by atoms with Gasteiger partial charge in [-0.3, -0.25) is 9.79 Å². The molecular weight excluding hydrogens is 406 g/mol. The van der Waals surface area contributed by atoms with Gasteiger partial charge in [0.05, 0.1) is 26.4 Å². The first-order valence-corrected chi connectivity index (χ1v) is 11.3.